The molecule has 1 aromatic carbocycles. The first-order valence-electron chi connectivity index (χ1n) is 13.5. The predicted octanol–water partition coefficient (Wildman–Crippen LogP) is 3.77. The first-order valence-corrected chi connectivity index (χ1v) is 13.8. The molecule has 0 aliphatic carbocycles. The van der Waals surface area contributed by atoms with Gasteiger partial charge in [-0.1, -0.05) is 35.0 Å². The SMILES string of the molecule is Cc1nc(-c2ccc(-c3cc4cnc(NC5CCOCC5)nc4n(CC(=O)NCc4cccnc4)c3=O)c(Cl)c2)no1. The highest BCUT2D eigenvalue weighted by atomic mass is 35.5. The topological polar surface area (TPSA) is 150 Å². The summed E-state index contributed by atoms with van der Waals surface area (Å²) in [4.78, 5) is 44.5. The number of fused-ring (bicyclic) bond motifs is 1. The van der Waals surface area contributed by atoms with Crippen molar-refractivity contribution in [1.29, 1.82) is 0 Å². The summed E-state index contributed by atoms with van der Waals surface area (Å²) in [6.07, 6.45) is 6.62. The highest BCUT2D eigenvalue weighted by molar-refractivity contribution is 6.33. The van der Waals surface area contributed by atoms with Crippen LogP contribution in [0.3, 0.4) is 0 Å². The van der Waals surface area contributed by atoms with Gasteiger partial charge in [-0.05, 0) is 36.6 Å². The Morgan fingerprint density at radius 1 is 1.12 bits per heavy atom. The zero-order chi connectivity index (χ0) is 29.1. The number of carbonyl (C=O) groups is 1. The maximum atomic E-state index is 14.0. The third-order valence-electron chi connectivity index (χ3n) is 6.94. The van der Waals surface area contributed by atoms with Crippen LogP contribution in [0.5, 0.6) is 0 Å². The number of amides is 1. The summed E-state index contributed by atoms with van der Waals surface area (Å²) in [6, 6.07) is 10.7. The van der Waals surface area contributed by atoms with E-state index >= 15 is 0 Å². The van der Waals surface area contributed by atoms with Gasteiger partial charge in [0.05, 0.1) is 0 Å². The summed E-state index contributed by atoms with van der Waals surface area (Å²) >= 11 is 6.68. The van der Waals surface area contributed by atoms with Crippen LogP contribution in [-0.4, -0.2) is 54.8 Å². The molecule has 0 atom stereocenters. The first kappa shape index (κ1) is 27.5. The second-order valence-electron chi connectivity index (χ2n) is 9.92. The molecule has 1 fully saturated rings. The van der Waals surface area contributed by atoms with Gasteiger partial charge in [-0.2, -0.15) is 9.97 Å². The van der Waals surface area contributed by atoms with Crippen LogP contribution in [0.25, 0.3) is 33.5 Å². The number of hydrogen-bond acceptors (Lipinski definition) is 10. The molecule has 5 heterocycles. The Balaban J connectivity index is 1.37. The van der Waals surface area contributed by atoms with Gasteiger partial charge in [0.15, 0.2) is 0 Å². The minimum absolute atomic E-state index is 0.152. The van der Waals surface area contributed by atoms with E-state index in [4.69, 9.17) is 20.9 Å². The molecule has 12 nitrogen and oxygen atoms in total. The summed E-state index contributed by atoms with van der Waals surface area (Å²) in [5.41, 5.74) is 2.19. The Labute approximate surface area is 245 Å². The molecular weight excluding hydrogens is 560 g/mol. The third-order valence-corrected chi connectivity index (χ3v) is 7.25. The van der Waals surface area contributed by atoms with Gasteiger partial charge in [0.1, 0.15) is 12.2 Å². The number of hydrogen-bond donors (Lipinski definition) is 2. The summed E-state index contributed by atoms with van der Waals surface area (Å²) in [5, 5.41) is 11.0. The standard InChI is InChI=1S/C29H27ClN8O4/c1-17-34-26(37-42-17)19-4-5-22(24(30)12-19)23-11-20-15-33-29(35-21-6-9-41-10-7-21)36-27(20)38(28(23)40)16-25(39)32-14-18-3-2-8-31-13-18/h2-5,8,11-13,15,21H,6-7,9-10,14,16H2,1H3,(H,32,39)(H,33,35,36). The average Bonchev–Trinajstić information content (AvgIpc) is 3.45. The Bertz CT molecular complexity index is 1800. The van der Waals surface area contributed by atoms with Gasteiger partial charge in [0, 0.05) is 78.4 Å². The number of anilines is 1. The van der Waals surface area contributed by atoms with E-state index in [9.17, 15) is 9.59 Å². The van der Waals surface area contributed by atoms with E-state index in [2.05, 4.69) is 35.7 Å². The molecule has 42 heavy (non-hydrogen) atoms. The molecule has 13 heteroatoms. The number of ether oxygens (including phenoxy) is 1. The normalized spacial score (nSPS) is 13.8. The maximum Gasteiger partial charge on any atom is 0.260 e. The fraction of sp³-hybridized carbons (Fsp3) is 0.276. The Kier molecular flexibility index (Phi) is 7.89. The molecule has 0 spiro atoms. The molecular formula is C29H27ClN8O4. The first-order chi connectivity index (χ1) is 20.4. The second kappa shape index (κ2) is 12.0. The van der Waals surface area contributed by atoms with Crippen molar-refractivity contribution in [3.05, 3.63) is 81.8 Å². The lowest BCUT2D eigenvalue weighted by molar-refractivity contribution is -0.121. The lowest BCUT2D eigenvalue weighted by Crippen LogP contribution is -2.33. The largest absolute Gasteiger partial charge is 0.381 e. The van der Waals surface area contributed by atoms with Crippen molar-refractivity contribution in [3.63, 3.8) is 0 Å². The molecule has 0 radical (unpaired) electrons. The van der Waals surface area contributed by atoms with Crippen molar-refractivity contribution in [2.24, 2.45) is 0 Å². The van der Waals surface area contributed by atoms with Gasteiger partial charge in [0.25, 0.3) is 5.56 Å². The van der Waals surface area contributed by atoms with E-state index in [0.717, 1.165) is 18.4 Å². The second-order valence-corrected chi connectivity index (χ2v) is 10.3. The third kappa shape index (κ3) is 5.99. The number of benzene rings is 1. The van der Waals surface area contributed by atoms with Crippen LogP contribution < -0.4 is 16.2 Å². The quantitative estimate of drug-likeness (QED) is 0.275. The fourth-order valence-corrected chi connectivity index (χ4v) is 5.07. The number of halogens is 1. The molecule has 6 rings (SSSR count). The van der Waals surface area contributed by atoms with Gasteiger partial charge in [0.2, 0.25) is 23.6 Å². The van der Waals surface area contributed by atoms with Gasteiger partial charge < -0.3 is 19.9 Å². The van der Waals surface area contributed by atoms with Crippen LogP contribution in [0, 0.1) is 6.92 Å². The molecule has 2 N–H and O–H groups in total. The number of carbonyl (C=O) groups excluding carboxylic acids is 1. The van der Waals surface area contributed by atoms with E-state index in [1.165, 1.54) is 4.57 Å². The van der Waals surface area contributed by atoms with Crippen LogP contribution in [0.1, 0.15) is 24.3 Å². The summed E-state index contributed by atoms with van der Waals surface area (Å²) in [6.45, 7) is 3.02. The van der Waals surface area contributed by atoms with E-state index in [1.54, 1.807) is 55.8 Å². The monoisotopic (exact) mass is 586 g/mol. The predicted molar refractivity (Wildman–Crippen MR) is 156 cm³/mol. The average molecular weight is 587 g/mol. The summed E-state index contributed by atoms with van der Waals surface area (Å²) in [5.74, 6) is 0.838. The molecule has 4 aromatic heterocycles. The minimum atomic E-state index is -0.417. The van der Waals surface area contributed by atoms with Crippen LogP contribution >= 0.6 is 11.6 Å². The number of aryl methyl sites for hydroxylation is 1. The lowest BCUT2D eigenvalue weighted by atomic mass is 10.0. The van der Waals surface area contributed by atoms with Gasteiger partial charge >= 0.3 is 0 Å². The van der Waals surface area contributed by atoms with Crippen LogP contribution in [0.4, 0.5) is 5.95 Å². The van der Waals surface area contributed by atoms with Crippen molar-refractivity contribution in [2.45, 2.75) is 38.9 Å². The van der Waals surface area contributed by atoms with E-state index in [0.29, 0.717) is 63.6 Å². The Morgan fingerprint density at radius 2 is 1.98 bits per heavy atom. The number of rotatable bonds is 8. The number of pyridine rings is 2. The molecule has 0 bridgehead atoms. The summed E-state index contributed by atoms with van der Waals surface area (Å²) in [7, 11) is 0. The molecule has 1 aliphatic heterocycles. The molecule has 0 unspecified atom stereocenters. The Morgan fingerprint density at radius 3 is 2.71 bits per heavy atom. The van der Waals surface area contributed by atoms with E-state index in [1.807, 2.05) is 6.07 Å². The van der Waals surface area contributed by atoms with Crippen LogP contribution in [0.2, 0.25) is 5.02 Å². The van der Waals surface area contributed by atoms with Crippen LogP contribution in [-0.2, 0) is 22.6 Å². The number of aromatic nitrogens is 6. The minimum Gasteiger partial charge on any atom is -0.381 e. The Hall–Kier alpha value is -4.68. The molecule has 1 saturated heterocycles. The zero-order valence-electron chi connectivity index (χ0n) is 22.7. The van der Waals surface area contributed by atoms with Crippen molar-refractivity contribution >= 4 is 34.5 Å². The number of nitrogens with one attached hydrogen (secondary N) is 2. The van der Waals surface area contributed by atoms with Crippen molar-refractivity contribution < 1.29 is 14.1 Å². The van der Waals surface area contributed by atoms with Gasteiger partial charge in [-0.25, -0.2) is 4.98 Å². The van der Waals surface area contributed by atoms with Crippen molar-refractivity contribution in [1.82, 2.24) is 35.0 Å². The van der Waals surface area contributed by atoms with E-state index in [-0.39, 0.29) is 25.0 Å². The zero-order valence-corrected chi connectivity index (χ0v) is 23.5. The van der Waals surface area contributed by atoms with Crippen molar-refractivity contribution in [3.8, 4) is 22.5 Å². The highest BCUT2D eigenvalue weighted by Crippen LogP contribution is 2.31. The van der Waals surface area contributed by atoms with E-state index < -0.39 is 5.56 Å². The molecule has 1 aliphatic rings. The lowest BCUT2D eigenvalue weighted by Gasteiger charge is -2.23. The van der Waals surface area contributed by atoms with Gasteiger partial charge in [-0.3, -0.25) is 19.1 Å². The molecule has 214 valence electrons. The molecule has 5 aromatic rings. The summed E-state index contributed by atoms with van der Waals surface area (Å²) < 4.78 is 11.9. The van der Waals surface area contributed by atoms with Crippen molar-refractivity contribution in [2.75, 3.05) is 18.5 Å². The number of nitrogens with zero attached hydrogens (tertiary/aromatic N) is 6. The van der Waals surface area contributed by atoms with Gasteiger partial charge in [-0.15, -0.1) is 0 Å². The van der Waals surface area contributed by atoms with Crippen LogP contribution in [0.15, 0.2) is 64.3 Å². The smallest absolute Gasteiger partial charge is 0.260 e. The molecule has 0 saturated carbocycles. The highest BCUT2D eigenvalue weighted by Gasteiger charge is 2.20. The fourth-order valence-electron chi connectivity index (χ4n) is 4.78. The molecule has 1 amide bonds. The maximum absolute atomic E-state index is 14.0.